The Labute approximate surface area is 160 Å². The predicted octanol–water partition coefficient (Wildman–Crippen LogP) is 4.87. The first-order valence-corrected chi connectivity index (χ1v) is 8.60. The molecule has 5 nitrogen and oxygen atoms in total. The molecule has 0 spiro atoms. The normalized spacial score (nSPS) is 10.9. The molecule has 2 heterocycles. The van der Waals surface area contributed by atoms with Crippen LogP contribution in [0.25, 0.3) is 21.6 Å². The first kappa shape index (κ1) is 17.6. The molecule has 0 saturated heterocycles. The van der Waals surface area contributed by atoms with E-state index in [9.17, 15) is 8.78 Å². The Morgan fingerprint density at radius 3 is 2.79 bits per heavy atom. The Bertz CT molecular complexity index is 1230. The van der Waals surface area contributed by atoms with Crippen molar-refractivity contribution in [1.29, 1.82) is 0 Å². The first-order chi connectivity index (χ1) is 13.6. The minimum Gasteiger partial charge on any atom is -0.324 e. The molecule has 0 aliphatic carbocycles. The number of fused-ring (bicyclic) bond motifs is 1. The number of nitrogens with zero attached hydrogens (tertiary/aromatic N) is 5. The van der Waals surface area contributed by atoms with E-state index in [0.717, 1.165) is 35.1 Å². The molecule has 2 aromatic heterocycles. The van der Waals surface area contributed by atoms with Gasteiger partial charge in [0.05, 0.1) is 22.8 Å². The summed E-state index contributed by atoms with van der Waals surface area (Å²) in [6, 6.07) is 10.5. The topological polar surface area (TPSA) is 40.0 Å². The number of hydrogen-bond donors (Lipinski definition) is 0. The maximum atomic E-state index is 14.2. The van der Waals surface area contributed by atoms with Gasteiger partial charge in [0.15, 0.2) is 0 Å². The van der Waals surface area contributed by atoms with Crippen LogP contribution in [-0.4, -0.2) is 19.3 Å². The SMILES string of the molecule is C#[N+]c1ccc2c(c1)nc(Cc1ccnn1-c1cc(F)ccc1F)n2CC=C. The second-order valence-corrected chi connectivity index (χ2v) is 6.24. The van der Waals surface area contributed by atoms with Crippen molar-refractivity contribution in [3.05, 3.63) is 89.3 Å². The third-order valence-corrected chi connectivity index (χ3v) is 4.47. The number of rotatable bonds is 5. The van der Waals surface area contributed by atoms with Crippen LogP contribution in [0.3, 0.4) is 0 Å². The van der Waals surface area contributed by atoms with Crippen LogP contribution in [0.4, 0.5) is 14.5 Å². The standard InChI is InChI=1S/C21H16F2N5/c1-3-10-27-19-7-5-15(24-2)12-18(19)26-21(27)13-16-8-9-25-28(16)20-11-14(22)4-6-17(20)23/h2-9,11-12H,1,10,13H2/q+1. The molecular weight excluding hydrogens is 360 g/mol. The smallest absolute Gasteiger partial charge is 0.324 e. The largest absolute Gasteiger partial charge is 0.342 e. The van der Waals surface area contributed by atoms with Crippen molar-refractivity contribution < 1.29 is 8.78 Å². The molecule has 7 heteroatoms. The Balaban J connectivity index is 1.80. The maximum absolute atomic E-state index is 14.2. The van der Waals surface area contributed by atoms with E-state index in [1.807, 2.05) is 10.6 Å². The van der Waals surface area contributed by atoms with Gasteiger partial charge in [0.25, 0.3) is 6.57 Å². The Morgan fingerprint density at radius 2 is 2.00 bits per heavy atom. The van der Waals surface area contributed by atoms with Crippen molar-refractivity contribution in [2.24, 2.45) is 0 Å². The molecule has 0 atom stereocenters. The number of aromatic nitrogens is 4. The Kier molecular flexibility index (Phi) is 4.45. The van der Waals surface area contributed by atoms with E-state index in [1.54, 1.807) is 30.5 Å². The van der Waals surface area contributed by atoms with Gasteiger partial charge in [-0.1, -0.05) is 6.08 Å². The van der Waals surface area contributed by atoms with Gasteiger partial charge in [-0.25, -0.2) is 18.4 Å². The molecule has 0 radical (unpaired) electrons. The summed E-state index contributed by atoms with van der Waals surface area (Å²) in [4.78, 5) is 8.37. The molecule has 138 valence electrons. The lowest BCUT2D eigenvalue weighted by molar-refractivity contribution is 0.583. The zero-order valence-corrected chi connectivity index (χ0v) is 14.9. The minimum absolute atomic E-state index is 0.0515. The lowest BCUT2D eigenvalue weighted by atomic mass is 10.2. The van der Waals surface area contributed by atoms with Crippen molar-refractivity contribution in [2.45, 2.75) is 13.0 Å². The van der Waals surface area contributed by atoms with E-state index in [0.29, 0.717) is 24.3 Å². The number of hydrogen-bond acceptors (Lipinski definition) is 2. The van der Waals surface area contributed by atoms with Crippen molar-refractivity contribution in [1.82, 2.24) is 19.3 Å². The maximum Gasteiger partial charge on any atom is 0.342 e. The second kappa shape index (κ2) is 7.08. The van der Waals surface area contributed by atoms with Gasteiger partial charge >= 0.3 is 5.69 Å². The molecule has 0 saturated carbocycles. The highest BCUT2D eigenvalue weighted by Crippen LogP contribution is 2.25. The Hall–Kier alpha value is -3.79. The molecule has 0 fully saturated rings. The molecule has 2 aromatic carbocycles. The van der Waals surface area contributed by atoms with Crippen LogP contribution in [0.2, 0.25) is 0 Å². The summed E-state index contributed by atoms with van der Waals surface area (Å²) in [5.74, 6) is -0.349. The third-order valence-electron chi connectivity index (χ3n) is 4.47. The molecule has 28 heavy (non-hydrogen) atoms. The monoisotopic (exact) mass is 376 g/mol. The highest BCUT2D eigenvalue weighted by atomic mass is 19.1. The Morgan fingerprint density at radius 1 is 1.14 bits per heavy atom. The second-order valence-electron chi connectivity index (χ2n) is 6.24. The van der Waals surface area contributed by atoms with Crippen LogP contribution < -0.4 is 0 Å². The number of benzene rings is 2. The average Bonchev–Trinajstić information content (AvgIpc) is 3.28. The van der Waals surface area contributed by atoms with Crippen molar-refractivity contribution in [3.8, 4) is 12.3 Å². The van der Waals surface area contributed by atoms with E-state index in [4.69, 9.17) is 6.57 Å². The minimum atomic E-state index is -0.555. The zero-order chi connectivity index (χ0) is 19.7. The van der Waals surface area contributed by atoms with Gasteiger partial charge in [-0.3, -0.25) is 0 Å². The number of allylic oxidation sites excluding steroid dienone is 1. The summed E-state index contributed by atoms with van der Waals surface area (Å²) >= 11 is 0. The fourth-order valence-corrected chi connectivity index (χ4v) is 3.21. The van der Waals surface area contributed by atoms with Crippen LogP contribution in [0.15, 0.2) is 61.3 Å². The van der Waals surface area contributed by atoms with E-state index in [-0.39, 0.29) is 5.69 Å². The zero-order valence-electron chi connectivity index (χ0n) is 14.9. The van der Waals surface area contributed by atoms with Gasteiger partial charge in [-0.05, 0) is 29.1 Å². The van der Waals surface area contributed by atoms with Gasteiger partial charge in [0.1, 0.15) is 23.1 Å². The van der Waals surface area contributed by atoms with Crippen LogP contribution in [0.5, 0.6) is 0 Å². The van der Waals surface area contributed by atoms with Crippen LogP contribution in [0, 0.1) is 18.2 Å². The van der Waals surface area contributed by atoms with Gasteiger partial charge in [0.2, 0.25) is 0 Å². The fourth-order valence-electron chi connectivity index (χ4n) is 3.21. The molecule has 0 bridgehead atoms. The third kappa shape index (κ3) is 3.05. The van der Waals surface area contributed by atoms with Crippen LogP contribution in [-0.2, 0) is 13.0 Å². The van der Waals surface area contributed by atoms with Crippen molar-refractivity contribution in [2.75, 3.05) is 0 Å². The molecule has 0 amide bonds. The van der Waals surface area contributed by atoms with E-state index in [1.165, 1.54) is 4.68 Å². The summed E-state index contributed by atoms with van der Waals surface area (Å²) in [6.45, 7) is 9.71. The van der Waals surface area contributed by atoms with E-state index in [2.05, 4.69) is 21.5 Å². The summed E-state index contributed by atoms with van der Waals surface area (Å²) < 4.78 is 31.2. The summed E-state index contributed by atoms with van der Waals surface area (Å²) in [6.07, 6.45) is 3.69. The molecular formula is C21H16F2N5+. The molecule has 0 unspecified atom stereocenters. The fraction of sp³-hybridized carbons (Fsp3) is 0.0952. The summed E-state index contributed by atoms with van der Waals surface area (Å²) in [5.41, 5.74) is 3.00. The van der Waals surface area contributed by atoms with Crippen molar-refractivity contribution >= 4 is 16.7 Å². The van der Waals surface area contributed by atoms with E-state index < -0.39 is 11.6 Å². The highest BCUT2D eigenvalue weighted by molar-refractivity contribution is 5.80. The van der Waals surface area contributed by atoms with Gasteiger partial charge < -0.3 is 4.57 Å². The summed E-state index contributed by atoms with van der Waals surface area (Å²) in [7, 11) is 0. The molecule has 0 N–H and O–H groups in total. The van der Waals surface area contributed by atoms with E-state index >= 15 is 0 Å². The predicted molar refractivity (Wildman–Crippen MR) is 104 cm³/mol. The average molecular weight is 376 g/mol. The number of halogens is 2. The van der Waals surface area contributed by atoms with Crippen LogP contribution in [0.1, 0.15) is 11.5 Å². The highest BCUT2D eigenvalue weighted by Gasteiger charge is 2.17. The number of imidazole rings is 1. The van der Waals surface area contributed by atoms with Gasteiger partial charge in [-0.15, -0.1) is 6.58 Å². The van der Waals surface area contributed by atoms with Crippen molar-refractivity contribution in [3.63, 3.8) is 0 Å². The molecule has 4 aromatic rings. The van der Waals surface area contributed by atoms with Gasteiger partial charge in [-0.2, -0.15) is 5.10 Å². The first-order valence-electron chi connectivity index (χ1n) is 8.60. The molecule has 0 aliphatic heterocycles. The quantitative estimate of drug-likeness (QED) is 0.466. The van der Waals surface area contributed by atoms with Gasteiger partial charge in [0, 0.05) is 31.3 Å². The van der Waals surface area contributed by atoms with Crippen LogP contribution >= 0.6 is 0 Å². The lowest BCUT2D eigenvalue weighted by Gasteiger charge is -2.10. The molecule has 0 aliphatic rings. The molecule has 4 rings (SSSR count). The lowest BCUT2D eigenvalue weighted by Crippen LogP contribution is -2.09. The summed E-state index contributed by atoms with van der Waals surface area (Å²) in [5, 5.41) is 4.16.